The summed E-state index contributed by atoms with van der Waals surface area (Å²) in [5, 5.41) is 6.74. The van der Waals surface area contributed by atoms with E-state index in [0.717, 1.165) is 12.1 Å². The van der Waals surface area contributed by atoms with E-state index in [1.165, 1.54) is 19.2 Å². The largest absolute Gasteiger partial charge is 0.495 e. The van der Waals surface area contributed by atoms with Gasteiger partial charge in [0.25, 0.3) is 30.4 Å². The Morgan fingerprint density at radius 2 is 1.29 bits per heavy atom. The molecule has 0 heterocycles. The highest BCUT2D eigenvalue weighted by molar-refractivity contribution is 7.87. The summed E-state index contributed by atoms with van der Waals surface area (Å²) in [5.74, 6) is 0.170. The lowest BCUT2D eigenvalue weighted by Crippen LogP contribution is -2.05. The minimum Gasteiger partial charge on any atom is -0.495 e. The molecule has 3 aromatic rings. The first-order valence-electron chi connectivity index (χ1n) is 8.71. The van der Waals surface area contributed by atoms with E-state index in [1.54, 1.807) is 0 Å². The first kappa shape index (κ1) is 25.3. The molecular weight excluding hydrogens is 516 g/mol. The highest BCUT2D eigenvalue weighted by Gasteiger charge is 2.24. The van der Waals surface area contributed by atoms with Crippen molar-refractivity contribution in [1.82, 2.24) is 0 Å². The maximum atomic E-state index is 11.9. The van der Waals surface area contributed by atoms with Crippen LogP contribution in [0.3, 0.4) is 0 Å². The zero-order valence-corrected chi connectivity index (χ0v) is 19.4. The molecule has 0 spiro atoms. The Morgan fingerprint density at radius 3 is 1.82 bits per heavy atom. The number of benzene rings is 3. The van der Waals surface area contributed by atoms with Crippen LogP contribution >= 0.6 is 0 Å². The molecule has 34 heavy (non-hydrogen) atoms. The van der Waals surface area contributed by atoms with E-state index >= 15 is 0 Å². The van der Waals surface area contributed by atoms with Crippen LogP contribution in [0.25, 0.3) is 10.8 Å². The van der Waals surface area contributed by atoms with Crippen LogP contribution in [-0.2, 0) is 30.4 Å². The fourth-order valence-electron chi connectivity index (χ4n) is 2.94. The van der Waals surface area contributed by atoms with Crippen molar-refractivity contribution in [3.63, 3.8) is 0 Å². The molecule has 0 saturated heterocycles. The van der Waals surface area contributed by atoms with Crippen molar-refractivity contribution < 1.29 is 43.6 Å². The summed E-state index contributed by atoms with van der Waals surface area (Å²) < 4.78 is 104. The number of nitrogens with two attached hydrogens (primary N) is 2. The van der Waals surface area contributed by atoms with Crippen molar-refractivity contribution in [2.45, 2.75) is 14.7 Å². The topological polar surface area (TPSA) is 249 Å². The van der Waals surface area contributed by atoms with E-state index in [9.17, 15) is 38.9 Å². The first-order chi connectivity index (χ1) is 15.5. The molecule has 3 aromatic carbocycles. The lowest BCUT2D eigenvalue weighted by molar-refractivity contribution is 0.417. The van der Waals surface area contributed by atoms with Gasteiger partial charge in [-0.05, 0) is 35.7 Å². The fraction of sp³-hybridized carbons (Fsp3) is 0.0588. The molecule has 182 valence electrons. The van der Waals surface area contributed by atoms with Crippen LogP contribution in [0.15, 0.2) is 61.3 Å². The number of ether oxygens (including phenoxy) is 1. The minimum absolute atomic E-state index is 0.0210. The second-order valence-corrected chi connectivity index (χ2v) is 10.9. The Kier molecular flexibility index (Phi) is 6.29. The summed E-state index contributed by atoms with van der Waals surface area (Å²) in [7, 11) is -13.7. The first-order valence-corrected chi connectivity index (χ1v) is 13.0. The Bertz CT molecular complexity index is 1680. The summed E-state index contributed by atoms with van der Waals surface area (Å²) in [6, 6.07) is 5.29. The number of methoxy groups -OCH3 is 1. The van der Waals surface area contributed by atoms with Crippen LogP contribution in [0.4, 0.5) is 22.7 Å². The SMILES string of the molecule is COc1cc(N=Nc2cc3c(S(=O)(=O)O)cc(S(=O)(=O)O)cc3cc2S(=O)(=O)O)c(N)cc1N. The molecule has 0 amide bonds. The monoisotopic (exact) mass is 532 g/mol. The van der Waals surface area contributed by atoms with Gasteiger partial charge in [-0.3, -0.25) is 13.7 Å². The fourth-order valence-corrected chi connectivity index (χ4v) is 4.93. The molecule has 0 saturated carbocycles. The van der Waals surface area contributed by atoms with Gasteiger partial charge in [0.15, 0.2) is 0 Å². The minimum atomic E-state index is -5.08. The Labute approximate surface area is 193 Å². The molecule has 14 nitrogen and oxygen atoms in total. The van der Waals surface area contributed by atoms with Crippen LogP contribution in [0.5, 0.6) is 5.75 Å². The molecule has 0 radical (unpaired) electrons. The van der Waals surface area contributed by atoms with E-state index < -0.39 is 50.7 Å². The Hall–Kier alpha value is -3.35. The summed E-state index contributed by atoms with van der Waals surface area (Å²) in [5.41, 5.74) is 11.1. The smallest absolute Gasteiger partial charge is 0.296 e. The number of rotatable bonds is 6. The van der Waals surface area contributed by atoms with Crippen LogP contribution in [0.1, 0.15) is 0 Å². The van der Waals surface area contributed by atoms with Crippen molar-refractivity contribution >= 4 is 63.9 Å². The predicted octanol–water partition coefficient (Wildman–Crippen LogP) is 2.17. The highest BCUT2D eigenvalue weighted by atomic mass is 32.2. The van der Waals surface area contributed by atoms with Gasteiger partial charge >= 0.3 is 0 Å². The van der Waals surface area contributed by atoms with Gasteiger partial charge in [-0.15, -0.1) is 10.2 Å². The van der Waals surface area contributed by atoms with Gasteiger partial charge in [0, 0.05) is 11.5 Å². The average Bonchev–Trinajstić information content (AvgIpc) is 2.69. The zero-order chi connectivity index (χ0) is 25.6. The summed E-state index contributed by atoms with van der Waals surface area (Å²) >= 11 is 0. The van der Waals surface area contributed by atoms with Crippen LogP contribution in [0.2, 0.25) is 0 Å². The van der Waals surface area contributed by atoms with Gasteiger partial charge in [-0.25, -0.2) is 0 Å². The molecule has 0 unspecified atom stereocenters. The van der Waals surface area contributed by atoms with Gasteiger partial charge in [-0.2, -0.15) is 25.3 Å². The highest BCUT2D eigenvalue weighted by Crippen LogP contribution is 2.38. The van der Waals surface area contributed by atoms with Gasteiger partial charge in [0.1, 0.15) is 26.9 Å². The number of fused-ring (bicyclic) bond motifs is 1. The molecule has 0 aliphatic carbocycles. The number of hydrogen-bond acceptors (Lipinski definition) is 11. The summed E-state index contributed by atoms with van der Waals surface area (Å²) in [6.07, 6.45) is 0. The molecule has 0 atom stereocenters. The van der Waals surface area contributed by atoms with E-state index in [-0.39, 0.29) is 33.6 Å². The van der Waals surface area contributed by atoms with Gasteiger partial charge in [0.2, 0.25) is 0 Å². The third-order valence-electron chi connectivity index (χ3n) is 4.47. The molecular formula is C17H16N4O10S3. The van der Waals surface area contributed by atoms with Crippen LogP contribution in [0, 0.1) is 0 Å². The maximum absolute atomic E-state index is 11.9. The van der Waals surface area contributed by atoms with E-state index in [4.69, 9.17) is 16.2 Å². The normalized spacial score (nSPS) is 12.9. The summed E-state index contributed by atoms with van der Waals surface area (Å²) in [4.78, 5) is -2.83. The third kappa shape index (κ3) is 5.08. The van der Waals surface area contributed by atoms with Crippen molar-refractivity contribution in [3.05, 3.63) is 36.4 Å². The van der Waals surface area contributed by atoms with E-state index in [0.29, 0.717) is 12.1 Å². The number of nitrogens with zero attached hydrogens (tertiary/aromatic N) is 2. The number of anilines is 2. The molecule has 17 heteroatoms. The average molecular weight is 533 g/mol. The van der Waals surface area contributed by atoms with Crippen LogP contribution in [-0.4, -0.2) is 46.0 Å². The van der Waals surface area contributed by atoms with Gasteiger partial charge < -0.3 is 16.2 Å². The van der Waals surface area contributed by atoms with Gasteiger partial charge in [-0.1, -0.05) is 0 Å². The molecule has 3 rings (SSSR count). The Morgan fingerprint density at radius 1 is 0.706 bits per heavy atom. The maximum Gasteiger partial charge on any atom is 0.296 e. The van der Waals surface area contributed by atoms with Crippen LogP contribution < -0.4 is 16.2 Å². The number of nitrogen functional groups attached to an aromatic ring is 2. The van der Waals surface area contributed by atoms with E-state index in [1.807, 2.05) is 0 Å². The predicted molar refractivity (Wildman–Crippen MR) is 119 cm³/mol. The lowest BCUT2D eigenvalue weighted by Gasteiger charge is -2.10. The molecule has 0 bridgehead atoms. The number of hydrogen-bond donors (Lipinski definition) is 5. The van der Waals surface area contributed by atoms with Crippen molar-refractivity contribution in [2.75, 3.05) is 18.6 Å². The molecule has 0 fully saturated rings. The zero-order valence-electron chi connectivity index (χ0n) is 16.9. The van der Waals surface area contributed by atoms with E-state index in [2.05, 4.69) is 10.2 Å². The van der Waals surface area contributed by atoms with Crippen molar-refractivity contribution in [1.29, 1.82) is 0 Å². The quantitative estimate of drug-likeness (QED) is 0.174. The second-order valence-electron chi connectivity index (χ2n) is 6.74. The Balaban J connectivity index is 2.38. The summed E-state index contributed by atoms with van der Waals surface area (Å²) in [6.45, 7) is 0. The molecule has 0 aliphatic heterocycles. The number of azo groups is 1. The molecule has 7 N–H and O–H groups in total. The molecule has 0 aliphatic rings. The second kappa shape index (κ2) is 8.46. The van der Waals surface area contributed by atoms with Crippen molar-refractivity contribution in [3.8, 4) is 5.75 Å². The van der Waals surface area contributed by atoms with Crippen molar-refractivity contribution in [2.24, 2.45) is 10.2 Å². The molecule has 0 aromatic heterocycles. The third-order valence-corrected chi connectivity index (χ3v) is 7.07. The standard InChI is InChI=1S/C17H16N4O10S3/c1-31-15-7-13(11(18)6-12(15)19)20-21-14-5-10-8(3-17(14)34(28,29)30)2-9(32(22,23)24)4-16(10)33(25,26)27/h2-7H,18-19H2,1H3,(H,22,23,24)(H,25,26,27)(H,28,29,30). The van der Waals surface area contributed by atoms with Gasteiger partial charge in [0.05, 0.1) is 23.4 Å². The lowest BCUT2D eigenvalue weighted by atomic mass is 10.1.